The molecule has 0 saturated heterocycles. The fraction of sp³-hybridized carbons (Fsp3) is 0.240. The number of hydrogen-bond donors (Lipinski definition) is 0. The van der Waals surface area contributed by atoms with Crippen molar-refractivity contribution in [1.82, 2.24) is 4.90 Å². The highest BCUT2D eigenvalue weighted by molar-refractivity contribution is 7.92. The summed E-state index contributed by atoms with van der Waals surface area (Å²) >= 11 is 0. The van der Waals surface area contributed by atoms with Gasteiger partial charge in [0.1, 0.15) is 0 Å². The zero-order valence-electron chi connectivity index (χ0n) is 18.0. The van der Waals surface area contributed by atoms with Crippen LogP contribution in [-0.2, 0) is 23.0 Å². The lowest BCUT2D eigenvalue weighted by atomic mass is 9.99. The average Bonchev–Trinajstić information content (AvgIpc) is 2.78. The van der Waals surface area contributed by atoms with Gasteiger partial charge in [0.15, 0.2) is 0 Å². The first kappa shape index (κ1) is 21.1. The molecule has 1 aliphatic heterocycles. The maximum atomic E-state index is 13.1. The fourth-order valence-electron chi connectivity index (χ4n) is 3.99. The zero-order chi connectivity index (χ0) is 22.2. The van der Waals surface area contributed by atoms with Gasteiger partial charge >= 0.3 is 0 Å². The standard InChI is InChI=1S/C25H26N2O3S/c1-18-8-11-23(12-9-18)31(29,30)26(3)24-13-10-21(16-19(24)2)25(28)27-15-14-20-6-4-5-7-22(20)17-27/h4-13,16H,14-15,17H2,1-3H3. The number of carbonyl (C=O) groups excluding carboxylic acids is 1. The maximum Gasteiger partial charge on any atom is 0.264 e. The number of hydrogen-bond acceptors (Lipinski definition) is 3. The fourth-order valence-corrected chi connectivity index (χ4v) is 5.25. The molecule has 0 saturated carbocycles. The number of sulfonamides is 1. The smallest absolute Gasteiger partial charge is 0.264 e. The van der Waals surface area contributed by atoms with Crippen molar-refractivity contribution in [1.29, 1.82) is 0 Å². The van der Waals surface area contributed by atoms with Crippen LogP contribution >= 0.6 is 0 Å². The molecule has 1 amide bonds. The second-order valence-corrected chi connectivity index (χ2v) is 10.0. The van der Waals surface area contributed by atoms with E-state index in [1.54, 1.807) is 49.5 Å². The van der Waals surface area contributed by atoms with Crippen molar-refractivity contribution >= 4 is 21.6 Å². The quantitative estimate of drug-likeness (QED) is 0.614. The third-order valence-electron chi connectivity index (χ3n) is 5.88. The van der Waals surface area contributed by atoms with Gasteiger partial charge in [0, 0.05) is 25.7 Å². The second-order valence-electron chi connectivity index (χ2n) is 8.03. The molecule has 3 aromatic rings. The Labute approximate surface area is 184 Å². The van der Waals surface area contributed by atoms with Crippen molar-refractivity contribution in [3.8, 4) is 0 Å². The number of rotatable bonds is 4. The van der Waals surface area contributed by atoms with E-state index in [-0.39, 0.29) is 10.8 Å². The van der Waals surface area contributed by atoms with Gasteiger partial charge < -0.3 is 4.90 Å². The van der Waals surface area contributed by atoms with Gasteiger partial charge in [0.2, 0.25) is 0 Å². The summed E-state index contributed by atoms with van der Waals surface area (Å²) in [4.78, 5) is 15.2. The monoisotopic (exact) mass is 434 g/mol. The Bertz CT molecular complexity index is 1230. The molecule has 0 spiro atoms. The van der Waals surface area contributed by atoms with Crippen molar-refractivity contribution in [2.24, 2.45) is 0 Å². The molecule has 160 valence electrons. The third kappa shape index (κ3) is 4.08. The van der Waals surface area contributed by atoms with Crippen LogP contribution < -0.4 is 4.31 Å². The molecule has 31 heavy (non-hydrogen) atoms. The van der Waals surface area contributed by atoms with Crippen LogP contribution in [0.25, 0.3) is 0 Å². The van der Waals surface area contributed by atoms with E-state index < -0.39 is 10.0 Å². The minimum absolute atomic E-state index is 0.0341. The van der Waals surface area contributed by atoms with Gasteiger partial charge in [-0.25, -0.2) is 8.42 Å². The molecule has 0 atom stereocenters. The molecule has 0 aliphatic carbocycles. The Morgan fingerprint density at radius 2 is 1.61 bits per heavy atom. The van der Waals surface area contributed by atoms with Crippen LogP contribution in [0.4, 0.5) is 5.69 Å². The lowest BCUT2D eigenvalue weighted by Crippen LogP contribution is -2.36. The number of aryl methyl sites for hydroxylation is 2. The minimum Gasteiger partial charge on any atom is -0.334 e. The summed E-state index contributed by atoms with van der Waals surface area (Å²) in [6.07, 6.45) is 0.844. The van der Waals surface area contributed by atoms with E-state index in [1.165, 1.54) is 15.4 Å². The van der Waals surface area contributed by atoms with Crippen molar-refractivity contribution in [3.05, 3.63) is 94.5 Å². The second kappa shape index (κ2) is 8.19. The van der Waals surface area contributed by atoms with Crippen molar-refractivity contribution < 1.29 is 13.2 Å². The first-order valence-corrected chi connectivity index (χ1v) is 11.7. The molecule has 3 aromatic carbocycles. The summed E-state index contributed by atoms with van der Waals surface area (Å²) in [5.41, 5.74) is 5.34. The molecule has 0 unspecified atom stereocenters. The number of amides is 1. The molecular formula is C25H26N2O3S. The van der Waals surface area contributed by atoms with Gasteiger partial charge in [0.25, 0.3) is 15.9 Å². The van der Waals surface area contributed by atoms with Crippen LogP contribution in [0.15, 0.2) is 71.6 Å². The summed E-state index contributed by atoms with van der Waals surface area (Å²) in [6, 6.07) is 20.2. The first-order valence-electron chi connectivity index (χ1n) is 10.3. The average molecular weight is 435 g/mol. The Hall–Kier alpha value is -3.12. The van der Waals surface area contributed by atoms with E-state index in [9.17, 15) is 13.2 Å². The summed E-state index contributed by atoms with van der Waals surface area (Å²) in [5.74, 6) is -0.0341. The molecule has 0 radical (unpaired) electrons. The zero-order valence-corrected chi connectivity index (χ0v) is 18.8. The summed E-state index contributed by atoms with van der Waals surface area (Å²) in [7, 11) is -2.14. The Kier molecular flexibility index (Phi) is 5.58. The lowest BCUT2D eigenvalue weighted by Gasteiger charge is -2.29. The highest BCUT2D eigenvalue weighted by Gasteiger charge is 2.25. The predicted octanol–water partition coefficient (Wildman–Crippen LogP) is 4.33. The molecule has 1 aliphatic rings. The molecule has 0 aromatic heterocycles. The largest absolute Gasteiger partial charge is 0.334 e. The van der Waals surface area contributed by atoms with E-state index in [0.29, 0.717) is 24.3 Å². The molecule has 0 fully saturated rings. The topological polar surface area (TPSA) is 57.7 Å². The summed E-state index contributed by atoms with van der Waals surface area (Å²) in [6.45, 7) is 5.02. The molecule has 0 N–H and O–H groups in total. The van der Waals surface area contributed by atoms with E-state index in [4.69, 9.17) is 0 Å². The SMILES string of the molecule is Cc1ccc(S(=O)(=O)N(C)c2ccc(C(=O)N3CCc4ccccc4C3)cc2C)cc1. The van der Waals surface area contributed by atoms with E-state index >= 15 is 0 Å². The Morgan fingerprint density at radius 1 is 0.935 bits per heavy atom. The highest BCUT2D eigenvalue weighted by atomic mass is 32.2. The van der Waals surface area contributed by atoms with E-state index in [1.807, 2.05) is 30.9 Å². The van der Waals surface area contributed by atoms with Gasteiger partial charge in [-0.1, -0.05) is 42.0 Å². The molecule has 0 bridgehead atoms. The third-order valence-corrected chi connectivity index (χ3v) is 7.67. The van der Waals surface area contributed by atoms with Gasteiger partial charge in [-0.2, -0.15) is 0 Å². The van der Waals surface area contributed by atoms with E-state index in [2.05, 4.69) is 12.1 Å². The van der Waals surface area contributed by atoms with Crippen LogP contribution in [0, 0.1) is 13.8 Å². The Morgan fingerprint density at radius 3 is 2.29 bits per heavy atom. The number of anilines is 1. The van der Waals surface area contributed by atoms with Crippen LogP contribution in [-0.4, -0.2) is 32.8 Å². The summed E-state index contributed by atoms with van der Waals surface area (Å²) in [5, 5.41) is 0. The van der Waals surface area contributed by atoms with Gasteiger partial charge in [0.05, 0.1) is 10.6 Å². The number of nitrogens with zero attached hydrogens (tertiary/aromatic N) is 2. The normalized spacial score (nSPS) is 13.6. The number of fused-ring (bicyclic) bond motifs is 1. The van der Waals surface area contributed by atoms with Gasteiger partial charge in [-0.15, -0.1) is 0 Å². The van der Waals surface area contributed by atoms with Crippen molar-refractivity contribution in [2.75, 3.05) is 17.9 Å². The predicted molar refractivity (Wildman–Crippen MR) is 123 cm³/mol. The van der Waals surface area contributed by atoms with Crippen LogP contribution in [0.2, 0.25) is 0 Å². The van der Waals surface area contributed by atoms with Gasteiger partial charge in [-0.05, 0) is 67.3 Å². The lowest BCUT2D eigenvalue weighted by molar-refractivity contribution is 0.0734. The van der Waals surface area contributed by atoms with Crippen LogP contribution in [0.1, 0.15) is 32.6 Å². The van der Waals surface area contributed by atoms with Gasteiger partial charge in [-0.3, -0.25) is 9.10 Å². The molecule has 1 heterocycles. The molecule has 5 nitrogen and oxygen atoms in total. The highest BCUT2D eigenvalue weighted by Crippen LogP contribution is 2.27. The van der Waals surface area contributed by atoms with Crippen molar-refractivity contribution in [2.45, 2.75) is 31.7 Å². The summed E-state index contributed by atoms with van der Waals surface area (Å²) < 4.78 is 27.3. The van der Waals surface area contributed by atoms with E-state index in [0.717, 1.165) is 17.5 Å². The number of carbonyl (C=O) groups is 1. The minimum atomic E-state index is -3.68. The van der Waals surface area contributed by atoms with Crippen LogP contribution in [0.3, 0.4) is 0 Å². The first-order chi connectivity index (χ1) is 14.8. The number of benzene rings is 3. The van der Waals surface area contributed by atoms with Crippen molar-refractivity contribution in [3.63, 3.8) is 0 Å². The molecular weight excluding hydrogens is 408 g/mol. The Balaban J connectivity index is 1.57. The molecule has 6 heteroatoms. The molecule has 4 rings (SSSR count). The van der Waals surface area contributed by atoms with Crippen LogP contribution in [0.5, 0.6) is 0 Å². The maximum absolute atomic E-state index is 13.1.